The van der Waals surface area contributed by atoms with E-state index in [1.807, 2.05) is 9.80 Å². The number of halogens is 3. The van der Waals surface area contributed by atoms with E-state index < -0.39 is 23.2 Å². The lowest BCUT2D eigenvalue weighted by atomic mass is 10.0. The number of hydrogen-bond donors (Lipinski definition) is 1. The van der Waals surface area contributed by atoms with Crippen LogP contribution >= 0.6 is 0 Å². The first-order chi connectivity index (χ1) is 10.1. The molecule has 0 saturated carbocycles. The second kappa shape index (κ2) is 5.79. The van der Waals surface area contributed by atoms with Crippen molar-refractivity contribution in [3.05, 3.63) is 29.8 Å². The predicted octanol–water partition coefficient (Wildman–Crippen LogP) is 2.09. The molecule has 0 atom stereocenters. The molecule has 2 rings (SSSR count). The van der Waals surface area contributed by atoms with Gasteiger partial charge in [0.2, 0.25) is 5.91 Å². The Morgan fingerprint density at radius 2 is 1.73 bits per heavy atom. The molecule has 22 heavy (non-hydrogen) atoms. The lowest BCUT2D eigenvalue weighted by molar-refractivity contribution is -0.137. The number of carbonyl (C=O) groups excluding carboxylic acids is 1. The summed E-state index contributed by atoms with van der Waals surface area (Å²) in [4.78, 5) is 15.3. The van der Waals surface area contributed by atoms with Crippen LogP contribution in [0.2, 0.25) is 0 Å². The molecule has 4 nitrogen and oxygen atoms in total. The van der Waals surface area contributed by atoms with Crippen LogP contribution in [-0.4, -0.2) is 42.5 Å². The normalized spacial score (nSPS) is 17.6. The van der Waals surface area contributed by atoms with Gasteiger partial charge in [-0.3, -0.25) is 9.69 Å². The van der Waals surface area contributed by atoms with Crippen LogP contribution in [0.1, 0.15) is 19.4 Å². The molecule has 0 aliphatic carbocycles. The summed E-state index contributed by atoms with van der Waals surface area (Å²) in [7, 11) is 0. The molecule has 1 aliphatic rings. The van der Waals surface area contributed by atoms with Gasteiger partial charge in [-0.1, -0.05) is 6.07 Å². The second-order valence-corrected chi connectivity index (χ2v) is 5.95. The maximum atomic E-state index is 12.8. The van der Waals surface area contributed by atoms with E-state index in [1.54, 1.807) is 19.9 Å². The highest BCUT2D eigenvalue weighted by molar-refractivity contribution is 5.83. The molecule has 1 amide bonds. The van der Waals surface area contributed by atoms with Crippen LogP contribution < -0.4 is 10.6 Å². The SMILES string of the molecule is CC(C)(C(N)=O)N1CCN(c2cccc(C(F)(F)F)c2)CC1. The van der Waals surface area contributed by atoms with Gasteiger partial charge in [0.05, 0.1) is 11.1 Å². The highest BCUT2D eigenvalue weighted by Crippen LogP contribution is 2.32. The van der Waals surface area contributed by atoms with Crippen molar-refractivity contribution in [1.29, 1.82) is 0 Å². The Balaban J connectivity index is 2.08. The molecule has 0 spiro atoms. The van der Waals surface area contributed by atoms with Gasteiger partial charge in [0.1, 0.15) is 0 Å². The lowest BCUT2D eigenvalue weighted by Crippen LogP contribution is -2.59. The lowest BCUT2D eigenvalue weighted by Gasteiger charge is -2.43. The standard InChI is InChI=1S/C15H20F3N3O/c1-14(2,13(19)22)21-8-6-20(7-9-21)12-5-3-4-11(10-12)15(16,17)18/h3-5,10H,6-9H2,1-2H3,(H2,19,22). The molecular formula is C15H20F3N3O. The monoisotopic (exact) mass is 315 g/mol. The Morgan fingerprint density at radius 3 is 2.23 bits per heavy atom. The molecule has 1 aliphatic heterocycles. The van der Waals surface area contributed by atoms with E-state index in [4.69, 9.17) is 5.73 Å². The summed E-state index contributed by atoms with van der Waals surface area (Å²) in [5.41, 5.74) is 4.54. The first-order valence-electron chi connectivity index (χ1n) is 7.09. The summed E-state index contributed by atoms with van der Waals surface area (Å²) < 4.78 is 38.3. The Morgan fingerprint density at radius 1 is 1.14 bits per heavy atom. The average Bonchev–Trinajstić information content (AvgIpc) is 2.46. The number of anilines is 1. The van der Waals surface area contributed by atoms with Gasteiger partial charge in [0.15, 0.2) is 0 Å². The number of amides is 1. The Bertz CT molecular complexity index is 549. The van der Waals surface area contributed by atoms with Crippen molar-refractivity contribution in [2.75, 3.05) is 31.1 Å². The van der Waals surface area contributed by atoms with Crippen LogP contribution in [-0.2, 0) is 11.0 Å². The first-order valence-corrected chi connectivity index (χ1v) is 7.09. The minimum atomic E-state index is -4.34. The fourth-order valence-corrected chi connectivity index (χ4v) is 2.56. The van der Waals surface area contributed by atoms with Crippen molar-refractivity contribution in [2.24, 2.45) is 5.73 Å². The first kappa shape index (κ1) is 16.6. The predicted molar refractivity (Wildman–Crippen MR) is 78.5 cm³/mol. The van der Waals surface area contributed by atoms with Gasteiger partial charge in [0.25, 0.3) is 0 Å². The maximum absolute atomic E-state index is 12.8. The fourth-order valence-electron chi connectivity index (χ4n) is 2.56. The summed E-state index contributed by atoms with van der Waals surface area (Å²) >= 11 is 0. The fraction of sp³-hybridized carbons (Fsp3) is 0.533. The van der Waals surface area contributed by atoms with E-state index in [0.717, 1.165) is 12.1 Å². The summed E-state index contributed by atoms with van der Waals surface area (Å²) in [6.07, 6.45) is -4.34. The molecule has 1 saturated heterocycles. The molecule has 1 aromatic rings. The number of rotatable bonds is 3. The molecule has 0 bridgehead atoms. The van der Waals surface area contributed by atoms with Crippen LogP contribution in [0.5, 0.6) is 0 Å². The van der Waals surface area contributed by atoms with E-state index in [2.05, 4.69) is 0 Å². The van der Waals surface area contributed by atoms with E-state index in [0.29, 0.717) is 31.9 Å². The zero-order valence-corrected chi connectivity index (χ0v) is 12.7. The third-order valence-electron chi connectivity index (χ3n) is 4.21. The summed E-state index contributed by atoms with van der Waals surface area (Å²) in [6, 6.07) is 5.31. The van der Waals surface area contributed by atoms with Gasteiger partial charge < -0.3 is 10.6 Å². The quantitative estimate of drug-likeness (QED) is 0.929. The minimum absolute atomic E-state index is 0.403. The van der Waals surface area contributed by atoms with Gasteiger partial charge in [-0.25, -0.2) is 0 Å². The number of alkyl halides is 3. The summed E-state index contributed by atoms with van der Waals surface area (Å²) in [6.45, 7) is 5.78. The van der Waals surface area contributed by atoms with E-state index in [-0.39, 0.29) is 0 Å². The van der Waals surface area contributed by atoms with Crippen molar-refractivity contribution in [2.45, 2.75) is 25.6 Å². The Kier molecular flexibility index (Phi) is 4.37. The van der Waals surface area contributed by atoms with Crippen molar-refractivity contribution < 1.29 is 18.0 Å². The molecule has 1 fully saturated rings. The third-order valence-corrected chi connectivity index (χ3v) is 4.21. The van der Waals surface area contributed by atoms with Gasteiger partial charge in [-0.05, 0) is 32.0 Å². The van der Waals surface area contributed by atoms with Gasteiger partial charge >= 0.3 is 6.18 Å². The number of piperazine rings is 1. The zero-order chi connectivity index (χ0) is 16.5. The number of carbonyl (C=O) groups is 1. The molecule has 7 heteroatoms. The number of nitrogens with two attached hydrogens (primary N) is 1. The molecule has 0 unspecified atom stereocenters. The number of benzene rings is 1. The number of hydrogen-bond acceptors (Lipinski definition) is 3. The van der Waals surface area contributed by atoms with Crippen molar-refractivity contribution in [1.82, 2.24) is 4.90 Å². The number of nitrogens with zero attached hydrogens (tertiary/aromatic N) is 2. The number of primary amides is 1. The molecule has 1 aromatic carbocycles. The van der Waals surface area contributed by atoms with E-state index in [1.165, 1.54) is 6.07 Å². The zero-order valence-electron chi connectivity index (χ0n) is 12.7. The molecule has 0 radical (unpaired) electrons. The second-order valence-electron chi connectivity index (χ2n) is 5.95. The highest BCUT2D eigenvalue weighted by Gasteiger charge is 2.35. The summed E-state index contributed by atoms with van der Waals surface area (Å²) in [5, 5.41) is 0. The van der Waals surface area contributed by atoms with Crippen molar-refractivity contribution in [3.8, 4) is 0 Å². The van der Waals surface area contributed by atoms with Crippen molar-refractivity contribution >= 4 is 11.6 Å². The smallest absolute Gasteiger partial charge is 0.369 e. The van der Waals surface area contributed by atoms with Crippen LogP contribution in [0, 0.1) is 0 Å². The van der Waals surface area contributed by atoms with Crippen LogP contribution in [0.15, 0.2) is 24.3 Å². The third kappa shape index (κ3) is 3.35. The van der Waals surface area contributed by atoms with Gasteiger partial charge in [-0.15, -0.1) is 0 Å². The van der Waals surface area contributed by atoms with E-state index in [9.17, 15) is 18.0 Å². The topological polar surface area (TPSA) is 49.6 Å². The van der Waals surface area contributed by atoms with Crippen molar-refractivity contribution in [3.63, 3.8) is 0 Å². The molecule has 2 N–H and O–H groups in total. The van der Waals surface area contributed by atoms with Crippen LogP contribution in [0.3, 0.4) is 0 Å². The van der Waals surface area contributed by atoms with Gasteiger partial charge in [0, 0.05) is 31.9 Å². The highest BCUT2D eigenvalue weighted by atomic mass is 19.4. The summed E-state index contributed by atoms with van der Waals surface area (Å²) in [5.74, 6) is -0.403. The molecule has 0 aromatic heterocycles. The largest absolute Gasteiger partial charge is 0.416 e. The Labute approximate surface area is 127 Å². The maximum Gasteiger partial charge on any atom is 0.416 e. The molecule has 1 heterocycles. The average molecular weight is 315 g/mol. The minimum Gasteiger partial charge on any atom is -0.369 e. The van der Waals surface area contributed by atoms with E-state index >= 15 is 0 Å². The van der Waals surface area contributed by atoms with Crippen LogP contribution in [0.4, 0.5) is 18.9 Å². The van der Waals surface area contributed by atoms with Gasteiger partial charge in [-0.2, -0.15) is 13.2 Å². The van der Waals surface area contributed by atoms with Crippen LogP contribution in [0.25, 0.3) is 0 Å². The molecular weight excluding hydrogens is 295 g/mol. The molecule has 122 valence electrons. The Hall–Kier alpha value is -1.76.